The summed E-state index contributed by atoms with van der Waals surface area (Å²) in [5.74, 6) is -2.08. The van der Waals surface area contributed by atoms with Gasteiger partial charge in [0, 0.05) is 17.9 Å². The molecule has 2 atom stereocenters. The van der Waals surface area contributed by atoms with Gasteiger partial charge in [-0.15, -0.1) is 16.9 Å². The molecule has 0 saturated carbocycles. The number of phenols is 1. The summed E-state index contributed by atoms with van der Waals surface area (Å²) in [6.45, 7) is 0.420. The van der Waals surface area contributed by atoms with Crippen molar-refractivity contribution in [3.63, 3.8) is 0 Å². The van der Waals surface area contributed by atoms with Crippen LogP contribution in [0, 0.1) is 0 Å². The molecule has 2 amide bonds. The molecule has 0 aromatic heterocycles. The molecule has 0 aliphatic rings. The van der Waals surface area contributed by atoms with Crippen LogP contribution in [0.4, 0.5) is 10.5 Å². The summed E-state index contributed by atoms with van der Waals surface area (Å²) >= 11 is 1.58. The number of carbonyl (C=O) groups is 3. The number of nitrogens with zero attached hydrogens (tertiary/aromatic N) is 3. The van der Waals surface area contributed by atoms with E-state index in [-0.39, 0.29) is 18.1 Å². The summed E-state index contributed by atoms with van der Waals surface area (Å²) in [6, 6.07) is 10.4. The highest BCUT2D eigenvalue weighted by Crippen LogP contribution is 2.19. The molecule has 14 heteroatoms. The van der Waals surface area contributed by atoms with E-state index < -0.39 is 30.1 Å². The number of guanidine groups is 1. The SMILES string of the molecule is CSc1ccc(N=NC(=O)NC(Cc2ccc(O)cc2)C(=O)O)cc1.NC(N)=NCCCC(N)C(=O)O. The van der Waals surface area contributed by atoms with E-state index in [1.807, 2.05) is 18.4 Å². The highest BCUT2D eigenvalue weighted by molar-refractivity contribution is 7.98. The molecule has 0 radical (unpaired) electrons. The summed E-state index contributed by atoms with van der Waals surface area (Å²) in [7, 11) is 0. The van der Waals surface area contributed by atoms with E-state index >= 15 is 0 Å². The van der Waals surface area contributed by atoms with Gasteiger partial charge in [0.2, 0.25) is 0 Å². The van der Waals surface area contributed by atoms with Crippen LogP contribution in [0.5, 0.6) is 5.75 Å². The number of thioether (sulfide) groups is 1. The fourth-order valence-corrected chi connectivity index (χ4v) is 3.05. The van der Waals surface area contributed by atoms with Gasteiger partial charge < -0.3 is 37.8 Å². The van der Waals surface area contributed by atoms with Crippen LogP contribution >= 0.6 is 11.8 Å². The molecule has 0 aliphatic heterocycles. The van der Waals surface area contributed by atoms with Gasteiger partial charge in [0.05, 0.1) is 5.69 Å². The van der Waals surface area contributed by atoms with Crippen molar-refractivity contribution in [3.05, 3.63) is 54.1 Å². The van der Waals surface area contributed by atoms with Crippen molar-refractivity contribution in [1.82, 2.24) is 5.32 Å². The number of phenolic OH excluding ortho intramolecular Hbond substituents is 1. The van der Waals surface area contributed by atoms with Crippen LogP contribution in [0.3, 0.4) is 0 Å². The van der Waals surface area contributed by atoms with Gasteiger partial charge >= 0.3 is 18.0 Å². The zero-order valence-electron chi connectivity index (χ0n) is 20.2. The number of nitrogens with one attached hydrogen (secondary N) is 1. The second-order valence-corrected chi connectivity index (χ2v) is 8.38. The molecule has 0 fully saturated rings. The minimum Gasteiger partial charge on any atom is -0.508 e. The van der Waals surface area contributed by atoms with Crippen LogP contribution in [-0.2, 0) is 16.0 Å². The van der Waals surface area contributed by atoms with Crippen LogP contribution < -0.4 is 22.5 Å². The van der Waals surface area contributed by atoms with Crippen molar-refractivity contribution in [2.45, 2.75) is 36.2 Å². The largest absolute Gasteiger partial charge is 0.508 e. The zero-order valence-corrected chi connectivity index (χ0v) is 21.0. The van der Waals surface area contributed by atoms with E-state index in [4.69, 9.17) is 22.3 Å². The molecule has 2 aromatic carbocycles. The Bertz CT molecular complexity index is 1070. The standard InChI is InChI=1S/C17H17N3O4S.C6H14N4O2/c1-25-14-8-4-12(5-9-14)19-20-17(24)18-15(16(22)23)10-11-2-6-13(21)7-3-11;7-4(5(11)12)2-1-3-10-6(8)9/h2-9,15,21H,10H2,1H3,(H,18,24)(H,22,23);4H,1-3,7H2,(H,11,12)(H4,8,9,10). The van der Waals surface area contributed by atoms with Crippen LogP contribution in [0.2, 0.25) is 0 Å². The first-order valence-corrected chi connectivity index (χ1v) is 12.1. The molecule has 200 valence electrons. The summed E-state index contributed by atoms with van der Waals surface area (Å²) in [5, 5.41) is 36.5. The topological polar surface area (TPSA) is 239 Å². The number of carbonyl (C=O) groups excluding carboxylic acids is 1. The van der Waals surface area contributed by atoms with Gasteiger partial charge in [-0.3, -0.25) is 9.79 Å². The second-order valence-electron chi connectivity index (χ2n) is 7.50. The van der Waals surface area contributed by atoms with Crippen molar-refractivity contribution < 1.29 is 29.7 Å². The third-order valence-corrected chi connectivity index (χ3v) is 5.33. The quantitative estimate of drug-likeness (QED) is 0.0728. The third-order valence-electron chi connectivity index (χ3n) is 4.59. The number of urea groups is 1. The number of hydrogen-bond acceptors (Lipinski definition) is 8. The first kappa shape index (κ1) is 30.9. The number of aliphatic carboxylic acids is 2. The molecular weight excluding hydrogens is 502 g/mol. The predicted molar refractivity (Wildman–Crippen MR) is 140 cm³/mol. The van der Waals surface area contributed by atoms with Gasteiger partial charge in [-0.1, -0.05) is 17.2 Å². The Kier molecular flexibility index (Phi) is 13.8. The van der Waals surface area contributed by atoms with Crippen molar-refractivity contribution >= 4 is 41.4 Å². The first-order valence-electron chi connectivity index (χ1n) is 10.9. The van der Waals surface area contributed by atoms with E-state index in [1.165, 1.54) is 12.1 Å². The monoisotopic (exact) mass is 533 g/mol. The normalized spacial score (nSPS) is 12.1. The Morgan fingerprint density at radius 1 is 1.00 bits per heavy atom. The number of aliphatic imine (C=N–C) groups is 1. The van der Waals surface area contributed by atoms with Gasteiger partial charge in [0.1, 0.15) is 17.8 Å². The smallest absolute Gasteiger partial charge is 0.360 e. The van der Waals surface area contributed by atoms with E-state index in [9.17, 15) is 24.6 Å². The van der Waals surface area contributed by atoms with Crippen LogP contribution in [0.15, 0.2) is 68.6 Å². The van der Waals surface area contributed by atoms with Gasteiger partial charge in [-0.2, -0.15) is 0 Å². The van der Waals surface area contributed by atoms with E-state index in [2.05, 4.69) is 20.5 Å². The molecule has 0 bridgehead atoms. The molecule has 13 nitrogen and oxygen atoms in total. The number of rotatable bonds is 11. The molecule has 2 aromatic rings. The number of amides is 2. The maximum atomic E-state index is 11.8. The Morgan fingerprint density at radius 3 is 2.14 bits per heavy atom. The minimum absolute atomic E-state index is 0.0129. The van der Waals surface area contributed by atoms with Crippen molar-refractivity contribution in [1.29, 1.82) is 0 Å². The molecule has 2 rings (SSSR count). The lowest BCUT2D eigenvalue weighted by molar-refractivity contribution is -0.139. The lowest BCUT2D eigenvalue weighted by Crippen LogP contribution is -2.40. The molecule has 10 N–H and O–H groups in total. The number of benzene rings is 2. The molecule has 0 saturated heterocycles. The van der Waals surface area contributed by atoms with Crippen LogP contribution in [0.25, 0.3) is 0 Å². The summed E-state index contributed by atoms with van der Waals surface area (Å²) < 4.78 is 0. The number of carboxylic acid groups (broad SMARTS) is 2. The highest BCUT2D eigenvalue weighted by Gasteiger charge is 2.20. The van der Waals surface area contributed by atoms with Gasteiger partial charge in [0.25, 0.3) is 0 Å². The molecule has 0 aliphatic carbocycles. The summed E-state index contributed by atoms with van der Waals surface area (Å²) in [5.41, 5.74) is 16.5. The average molecular weight is 534 g/mol. The second kappa shape index (κ2) is 16.5. The van der Waals surface area contributed by atoms with E-state index in [1.54, 1.807) is 36.0 Å². The van der Waals surface area contributed by atoms with Crippen molar-refractivity contribution in [2.24, 2.45) is 32.4 Å². The number of hydrogen-bond donors (Lipinski definition) is 7. The third kappa shape index (κ3) is 13.5. The van der Waals surface area contributed by atoms with Crippen LogP contribution in [0.1, 0.15) is 18.4 Å². The Hall–Kier alpha value is -4.17. The van der Waals surface area contributed by atoms with Gasteiger partial charge in [-0.25, -0.2) is 9.59 Å². The first-order chi connectivity index (χ1) is 17.5. The maximum Gasteiger partial charge on any atom is 0.360 e. The van der Waals surface area contributed by atoms with E-state index in [0.29, 0.717) is 30.6 Å². The van der Waals surface area contributed by atoms with Crippen molar-refractivity contribution in [2.75, 3.05) is 12.8 Å². The summed E-state index contributed by atoms with van der Waals surface area (Å²) in [4.78, 5) is 38.1. The molecule has 0 heterocycles. The van der Waals surface area contributed by atoms with Crippen molar-refractivity contribution in [3.8, 4) is 5.75 Å². The molecule has 2 unspecified atom stereocenters. The molecular formula is C23H31N7O6S. The highest BCUT2D eigenvalue weighted by atomic mass is 32.2. The maximum absolute atomic E-state index is 11.8. The zero-order chi connectivity index (χ0) is 27.8. The van der Waals surface area contributed by atoms with E-state index in [0.717, 1.165) is 4.90 Å². The number of aromatic hydroxyl groups is 1. The summed E-state index contributed by atoms with van der Waals surface area (Å²) in [6.07, 6.45) is 2.97. The van der Waals surface area contributed by atoms with Gasteiger partial charge in [-0.05, 0) is 61.1 Å². The Labute approximate surface area is 217 Å². The number of carboxylic acids is 2. The Morgan fingerprint density at radius 2 is 1.62 bits per heavy atom. The van der Waals surface area contributed by atoms with Crippen LogP contribution in [-0.4, -0.2) is 64.1 Å². The fourth-order valence-electron chi connectivity index (χ4n) is 2.64. The van der Waals surface area contributed by atoms with Gasteiger partial charge in [0.15, 0.2) is 5.96 Å². The lowest BCUT2D eigenvalue weighted by Gasteiger charge is -2.12. The lowest BCUT2D eigenvalue weighted by atomic mass is 10.1. The predicted octanol–water partition coefficient (Wildman–Crippen LogP) is 2.06. The molecule has 0 spiro atoms. The minimum atomic E-state index is -1.18. The fraction of sp³-hybridized carbons (Fsp3) is 0.304. The molecule has 37 heavy (non-hydrogen) atoms. The number of nitrogens with two attached hydrogens (primary N) is 3. The Balaban J connectivity index is 0.000000482. The number of azo groups is 1. The average Bonchev–Trinajstić information content (AvgIpc) is 2.86.